The Kier molecular flexibility index (Phi) is 5.05. The van der Waals surface area contributed by atoms with Gasteiger partial charge in [0.1, 0.15) is 17.3 Å². The predicted octanol–water partition coefficient (Wildman–Crippen LogP) is 3.16. The summed E-state index contributed by atoms with van der Waals surface area (Å²) in [5.74, 6) is 0.900. The van der Waals surface area contributed by atoms with Crippen LogP contribution >= 0.6 is 0 Å². The lowest BCUT2D eigenvalue weighted by Gasteiger charge is -2.19. The normalized spacial score (nSPS) is 14.2. The van der Waals surface area contributed by atoms with E-state index in [0.29, 0.717) is 30.5 Å². The lowest BCUT2D eigenvalue weighted by atomic mass is 10.1. The number of hydrogen-bond donors (Lipinski definition) is 0. The highest BCUT2D eigenvalue weighted by Crippen LogP contribution is 2.33. The fourth-order valence-corrected chi connectivity index (χ4v) is 2.90. The molecule has 1 aliphatic rings. The van der Waals surface area contributed by atoms with Gasteiger partial charge in [-0.05, 0) is 24.3 Å². The van der Waals surface area contributed by atoms with Crippen LogP contribution in [0.1, 0.15) is 12.0 Å². The number of para-hydroxylation sites is 1. The van der Waals surface area contributed by atoms with E-state index in [1.807, 2.05) is 25.4 Å². The summed E-state index contributed by atoms with van der Waals surface area (Å²) < 4.78 is 18.4. The van der Waals surface area contributed by atoms with Crippen LogP contribution < -0.4 is 9.64 Å². The van der Waals surface area contributed by atoms with Crippen LogP contribution in [-0.2, 0) is 16.5 Å². The SMILES string of the molecule is CN(C(=O)Oc1ccccc1)c1ccc(-c2cnn(C)c2)c(C2OCCO2)n1. The molecule has 0 saturated carbocycles. The minimum atomic E-state index is -0.589. The van der Waals surface area contributed by atoms with Crippen LogP contribution in [0.5, 0.6) is 5.75 Å². The second kappa shape index (κ2) is 7.79. The molecule has 8 heteroatoms. The number of ether oxygens (including phenoxy) is 3. The second-order valence-electron chi connectivity index (χ2n) is 6.32. The number of amides is 1. The summed E-state index contributed by atoms with van der Waals surface area (Å²) in [5.41, 5.74) is 2.33. The van der Waals surface area contributed by atoms with E-state index in [0.717, 1.165) is 11.1 Å². The third-order valence-corrected chi connectivity index (χ3v) is 4.34. The molecule has 1 aromatic carbocycles. The van der Waals surface area contributed by atoms with Crippen molar-refractivity contribution in [3.8, 4) is 16.9 Å². The molecule has 0 spiro atoms. The number of pyridine rings is 1. The van der Waals surface area contributed by atoms with Gasteiger partial charge < -0.3 is 14.2 Å². The molecule has 3 heterocycles. The topological polar surface area (TPSA) is 78.7 Å². The molecule has 0 aliphatic carbocycles. The first-order valence-corrected chi connectivity index (χ1v) is 8.85. The average molecular weight is 380 g/mol. The van der Waals surface area contributed by atoms with E-state index in [1.165, 1.54) is 4.90 Å². The van der Waals surface area contributed by atoms with Gasteiger partial charge in [0.05, 0.1) is 19.4 Å². The predicted molar refractivity (Wildman–Crippen MR) is 102 cm³/mol. The first-order valence-electron chi connectivity index (χ1n) is 8.85. The van der Waals surface area contributed by atoms with Gasteiger partial charge in [0.2, 0.25) is 6.29 Å². The Balaban J connectivity index is 1.64. The van der Waals surface area contributed by atoms with Crippen molar-refractivity contribution in [2.45, 2.75) is 6.29 Å². The van der Waals surface area contributed by atoms with Gasteiger partial charge in [0.15, 0.2) is 0 Å². The Morgan fingerprint density at radius 2 is 1.93 bits per heavy atom. The Morgan fingerprint density at radius 1 is 1.18 bits per heavy atom. The summed E-state index contributed by atoms with van der Waals surface area (Å²) in [4.78, 5) is 18.5. The number of anilines is 1. The van der Waals surface area contributed by atoms with Crippen molar-refractivity contribution in [1.29, 1.82) is 0 Å². The van der Waals surface area contributed by atoms with Crippen LogP contribution in [0.3, 0.4) is 0 Å². The van der Waals surface area contributed by atoms with Crippen LogP contribution in [0, 0.1) is 0 Å². The molecule has 1 amide bonds. The summed E-state index contributed by atoms with van der Waals surface area (Å²) in [6.45, 7) is 0.990. The minimum absolute atomic E-state index is 0.433. The standard InChI is InChI=1S/C20H20N4O4/c1-23-13-14(12-21-23)16-8-9-17(22-18(16)19-26-10-11-27-19)24(2)20(25)28-15-6-4-3-5-7-15/h3-9,12-13,19H,10-11H2,1-2H3. The van der Waals surface area contributed by atoms with Crippen LogP contribution in [0.25, 0.3) is 11.1 Å². The van der Waals surface area contributed by atoms with Gasteiger partial charge in [-0.15, -0.1) is 0 Å². The summed E-state index contributed by atoms with van der Waals surface area (Å²) in [6, 6.07) is 12.5. The maximum absolute atomic E-state index is 12.5. The van der Waals surface area contributed by atoms with E-state index in [9.17, 15) is 4.79 Å². The zero-order valence-corrected chi connectivity index (χ0v) is 15.6. The van der Waals surface area contributed by atoms with Crippen LogP contribution in [0.4, 0.5) is 10.6 Å². The van der Waals surface area contributed by atoms with E-state index < -0.39 is 12.4 Å². The molecule has 0 atom stereocenters. The number of hydrogen-bond acceptors (Lipinski definition) is 6. The third-order valence-electron chi connectivity index (χ3n) is 4.34. The Morgan fingerprint density at radius 3 is 2.61 bits per heavy atom. The molecular formula is C20H20N4O4. The highest BCUT2D eigenvalue weighted by atomic mass is 16.7. The smallest absolute Gasteiger partial charge is 0.410 e. The number of benzene rings is 1. The molecule has 0 N–H and O–H groups in total. The maximum Gasteiger partial charge on any atom is 0.420 e. The van der Waals surface area contributed by atoms with E-state index in [-0.39, 0.29) is 0 Å². The van der Waals surface area contributed by atoms with Crippen molar-refractivity contribution >= 4 is 11.9 Å². The molecular weight excluding hydrogens is 360 g/mol. The highest BCUT2D eigenvalue weighted by Gasteiger charge is 2.26. The number of carbonyl (C=O) groups is 1. The van der Waals surface area contributed by atoms with Gasteiger partial charge in [0, 0.05) is 31.4 Å². The maximum atomic E-state index is 12.5. The van der Waals surface area contributed by atoms with Gasteiger partial charge in [-0.25, -0.2) is 9.78 Å². The molecule has 8 nitrogen and oxygen atoms in total. The van der Waals surface area contributed by atoms with Crippen LogP contribution in [-0.4, -0.2) is 41.1 Å². The first-order chi connectivity index (χ1) is 13.6. The summed E-state index contributed by atoms with van der Waals surface area (Å²) in [7, 11) is 3.46. The van der Waals surface area contributed by atoms with Crippen molar-refractivity contribution in [1.82, 2.24) is 14.8 Å². The van der Waals surface area contributed by atoms with Crippen molar-refractivity contribution < 1.29 is 19.0 Å². The zero-order valence-electron chi connectivity index (χ0n) is 15.6. The fourth-order valence-electron chi connectivity index (χ4n) is 2.90. The lowest BCUT2D eigenvalue weighted by molar-refractivity contribution is -0.0467. The Labute approximate surface area is 162 Å². The fraction of sp³-hybridized carbons (Fsp3) is 0.250. The molecule has 1 saturated heterocycles. The van der Waals surface area contributed by atoms with Crippen molar-refractivity contribution in [2.24, 2.45) is 7.05 Å². The molecule has 2 aromatic heterocycles. The molecule has 4 rings (SSSR count). The summed E-state index contributed by atoms with van der Waals surface area (Å²) in [6.07, 6.45) is 2.52. The van der Waals surface area contributed by atoms with Crippen LogP contribution in [0.15, 0.2) is 54.9 Å². The Bertz CT molecular complexity index is 967. The molecule has 144 valence electrons. The zero-order chi connectivity index (χ0) is 19.5. The molecule has 0 bridgehead atoms. The van der Waals surface area contributed by atoms with Gasteiger partial charge in [0.25, 0.3) is 0 Å². The van der Waals surface area contributed by atoms with Gasteiger partial charge >= 0.3 is 6.09 Å². The van der Waals surface area contributed by atoms with E-state index in [1.54, 1.807) is 48.3 Å². The molecule has 3 aromatic rings. The monoisotopic (exact) mass is 380 g/mol. The molecule has 0 radical (unpaired) electrons. The second-order valence-corrected chi connectivity index (χ2v) is 6.32. The minimum Gasteiger partial charge on any atom is -0.410 e. The van der Waals surface area contributed by atoms with Crippen molar-refractivity contribution in [3.05, 3.63) is 60.6 Å². The quantitative estimate of drug-likeness (QED) is 0.692. The largest absolute Gasteiger partial charge is 0.420 e. The number of aryl methyl sites for hydroxylation is 1. The Hall–Kier alpha value is -3.23. The van der Waals surface area contributed by atoms with Crippen LogP contribution in [0.2, 0.25) is 0 Å². The van der Waals surface area contributed by atoms with Gasteiger partial charge in [-0.1, -0.05) is 18.2 Å². The number of nitrogens with zero attached hydrogens (tertiary/aromatic N) is 4. The van der Waals surface area contributed by atoms with Gasteiger partial charge in [-0.2, -0.15) is 5.10 Å². The third kappa shape index (κ3) is 3.73. The highest BCUT2D eigenvalue weighted by molar-refractivity contribution is 5.87. The molecule has 1 fully saturated rings. The number of rotatable bonds is 4. The van der Waals surface area contributed by atoms with E-state index in [4.69, 9.17) is 14.2 Å². The van der Waals surface area contributed by atoms with E-state index >= 15 is 0 Å². The van der Waals surface area contributed by atoms with Crippen molar-refractivity contribution in [2.75, 3.05) is 25.2 Å². The van der Waals surface area contributed by atoms with Gasteiger partial charge in [-0.3, -0.25) is 9.58 Å². The first kappa shape index (κ1) is 18.1. The average Bonchev–Trinajstić information content (AvgIpc) is 3.39. The van der Waals surface area contributed by atoms with Crippen molar-refractivity contribution in [3.63, 3.8) is 0 Å². The number of aromatic nitrogens is 3. The molecule has 28 heavy (non-hydrogen) atoms. The lowest BCUT2D eigenvalue weighted by Crippen LogP contribution is -2.30. The molecule has 1 aliphatic heterocycles. The molecule has 0 unspecified atom stereocenters. The summed E-state index contributed by atoms with van der Waals surface area (Å²) >= 11 is 0. The van der Waals surface area contributed by atoms with E-state index in [2.05, 4.69) is 10.1 Å². The number of carbonyl (C=O) groups excluding carboxylic acids is 1. The summed E-state index contributed by atoms with van der Waals surface area (Å²) in [5, 5.41) is 4.22.